The molecule has 0 aromatic heterocycles. The summed E-state index contributed by atoms with van der Waals surface area (Å²) in [6.45, 7) is 9.97. The van der Waals surface area contributed by atoms with E-state index in [1.165, 1.54) is 19.3 Å². The van der Waals surface area contributed by atoms with Crippen LogP contribution in [0.3, 0.4) is 0 Å². The van der Waals surface area contributed by atoms with Crippen LogP contribution in [-0.2, 0) is 4.74 Å². The molecular formula is C15H27NO. The van der Waals surface area contributed by atoms with Crippen molar-refractivity contribution in [2.45, 2.75) is 46.1 Å². The molecule has 1 N–H and O–H groups in total. The zero-order valence-corrected chi connectivity index (χ0v) is 11.5. The van der Waals surface area contributed by atoms with Crippen molar-refractivity contribution < 1.29 is 4.74 Å². The van der Waals surface area contributed by atoms with E-state index in [0.29, 0.717) is 6.10 Å². The van der Waals surface area contributed by atoms with Gasteiger partial charge in [0.2, 0.25) is 0 Å². The van der Waals surface area contributed by atoms with Crippen molar-refractivity contribution in [2.24, 2.45) is 17.8 Å². The SMILES string of the molecule is CCNCC1CCOC1C1CC(C)=CC(C)C1. The quantitative estimate of drug-likeness (QED) is 0.759. The lowest BCUT2D eigenvalue weighted by Crippen LogP contribution is -2.35. The van der Waals surface area contributed by atoms with Gasteiger partial charge in [0.15, 0.2) is 0 Å². The highest BCUT2D eigenvalue weighted by molar-refractivity contribution is 5.08. The maximum atomic E-state index is 6.03. The third-order valence-corrected chi connectivity index (χ3v) is 4.21. The molecule has 4 unspecified atom stereocenters. The van der Waals surface area contributed by atoms with Crippen molar-refractivity contribution in [3.8, 4) is 0 Å². The minimum Gasteiger partial charge on any atom is -0.378 e. The first kappa shape index (κ1) is 13.1. The van der Waals surface area contributed by atoms with Crippen LogP contribution in [0.1, 0.15) is 40.0 Å². The smallest absolute Gasteiger partial charge is 0.0647 e. The Labute approximate surface area is 106 Å². The lowest BCUT2D eigenvalue weighted by Gasteiger charge is -2.32. The van der Waals surface area contributed by atoms with Gasteiger partial charge in [0.1, 0.15) is 0 Å². The fourth-order valence-corrected chi connectivity index (χ4v) is 3.57. The Morgan fingerprint density at radius 3 is 3.00 bits per heavy atom. The highest BCUT2D eigenvalue weighted by Crippen LogP contribution is 2.37. The van der Waals surface area contributed by atoms with Gasteiger partial charge in [-0.3, -0.25) is 0 Å². The number of ether oxygens (including phenoxy) is 1. The molecule has 4 atom stereocenters. The van der Waals surface area contributed by atoms with Crippen molar-refractivity contribution in [3.63, 3.8) is 0 Å². The minimum atomic E-state index is 0.500. The van der Waals surface area contributed by atoms with Gasteiger partial charge in [-0.25, -0.2) is 0 Å². The van der Waals surface area contributed by atoms with Crippen LogP contribution in [0.25, 0.3) is 0 Å². The van der Waals surface area contributed by atoms with Gasteiger partial charge in [-0.05, 0) is 44.6 Å². The van der Waals surface area contributed by atoms with Crippen LogP contribution in [0.15, 0.2) is 11.6 Å². The Morgan fingerprint density at radius 2 is 2.29 bits per heavy atom. The summed E-state index contributed by atoms with van der Waals surface area (Å²) in [5, 5.41) is 3.49. The summed E-state index contributed by atoms with van der Waals surface area (Å²) >= 11 is 0. The van der Waals surface area contributed by atoms with Crippen molar-refractivity contribution >= 4 is 0 Å². The van der Waals surface area contributed by atoms with E-state index in [1.807, 2.05) is 0 Å². The van der Waals surface area contributed by atoms with Gasteiger partial charge in [-0.1, -0.05) is 25.5 Å². The Kier molecular flexibility index (Phi) is 4.63. The van der Waals surface area contributed by atoms with Gasteiger partial charge >= 0.3 is 0 Å². The molecule has 1 fully saturated rings. The second-order valence-corrected chi connectivity index (χ2v) is 5.88. The molecule has 2 aliphatic rings. The second-order valence-electron chi connectivity index (χ2n) is 5.88. The molecule has 2 rings (SSSR count). The summed E-state index contributed by atoms with van der Waals surface area (Å²) < 4.78 is 6.03. The van der Waals surface area contributed by atoms with E-state index >= 15 is 0 Å². The fourth-order valence-electron chi connectivity index (χ4n) is 3.57. The minimum absolute atomic E-state index is 0.500. The molecule has 0 aromatic carbocycles. The van der Waals surface area contributed by atoms with Crippen LogP contribution in [0.2, 0.25) is 0 Å². The topological polar surface area (TPSA) is 21.3 Å². The summed E-state index contributed by atoms with van der Waals surface area (Å²) in [7, 11) is 0. The highest BCUT2D eigenvalue weighted by atomic mass is 16.5. The standard InChI is InChI=1S/C15H27NO/c1-4-16-10-13-5-6-17-15(13)14-8-11(2)7-12(3)9-14/h7,11,13-16H,4-6,8-10H2,1-3H3. The average molecular weight is 237 g/mol. The number of nitrogens with one attached hydrogen (secondary N) is 1. The van der Waals surface area contributed by atoms with Gasteiger partial charge in [-0.15, -0.1) is 0 Å². The molecule has 17 heavy (non-hydrogen) atoms. The first-order valence-electron chi connectivity index (χ1n) is 7.20. The Bertz CT molecular complexity index is 274. The van der Waals surface area contributed by atoms with Gasteiger partial charge in [0.25, 0.3) is 0 Å². The molecule has 0 spiro atoms. The van der Waals surface area contributed by atoms with Crippen LogP contribution in [-0.4, -0.2) is 25.8 Å². The molecule has 1 saturated heterocycles. The van der Waals surface area contributed by atoms with Crippen LogP contribution in [0, 0.1) is 17.8 Å². The Balaban J connectivity index is 1.94. The molecule has 2 heteroatoms. The zero-order valence-electron chi connectivity index (χ0n) is 11.5. The summed E-state index contributed by atoms with van der Waals surface area (Å²) in [5.41, 5.74) is 1.56. The van der Waals surface area contributed by atoms with E-state index in [9.17, 15) is 0 Å². The number of rotatable bonds is 4. The Morgan fingerprint density at radius 1 is 1.47 bits per heavy atom. The average Bonchev–Trinajstić information content (AvgIpc) is 2.73. The lowest BCUT2D eigenvalue weighted by atomic mass is 9.77. The second kappa shape index (κ2) is 6.01. The van der Waals surface area contributed by atoms with Gasteiger partial charge in [0, 0.05) is 19.1 Å². The molecule has 0 aromatic rings. The molecule has 0 bridgehead atoms. The molecule has 0 saturated carbocycles. The summed E-state index contributed by atoms with van der Waals surface area (Å²) in [6, 6.07) is 0. The first-order chi connectivity index (χ1) is 8.20. The van der Waals surface area contributed by atoms with Crippen LogP contribution in [0.4, 0.5) is 0 Å². The molecule has 0 radical (unpaired) electrons. The molecular weight excluding hydrogens is 210 g/mol. The molecule has 98 valence electrons. The van der Waals surface area contributed by atoms with E-state index in [0.717, 1.165) is 37.5 Å². The zero-order chi connectivity index (χ0) is 12.3. The van der Waals surface area contributed by atoms with E-state index in [1.54, 1.807) is 5.57 Å². The van der Waals surface area contributed by atoms with Crippen molar-refractivity contribution in [1.29, 1.82) is 0 Å². The van der Waals surface area contributed by atoms with E-state index < -0.39 is 0 Å². The van der Waals surface area contributed by atoms with Gasteiger partial charge in [0.05, 0.1) is 6.10 Å². The number of hydrogen-bond donors (Lipinski definition) is 1. The third kappa shape index (κ3) is 3.32. The molecule has 0 amide bonds. The summed E-state index contributed by atoms with van der Waals surface area (Å²) in [5.74, 6) is 2.22. The van der Waals surface area contributed by atoms with E-state index in [-0.39, 0.29) is 0 Å². The van der Waals surface area contributed by atoms with Crippen molar-refractivity contribution in [1.82, 2.24) is 5.32 Å². The lowest BCUT2D eigenvalue weighted by molar-refractivity contribution is 0.0323. The van der Waals surface area contributed by atoms with Crippen molar-refractivity contribution in [3.05, 3.63) is 11.6 Å². The maximum Gasteiger partial charge on any atom is 0.0647 e. The van der Waals surface area contributed by atoms with Crippen LogP contribution in [0.5, 0.6) is 0 Å². The van der Waals surface area contributed by atoms with Crippen LogP contribution >= 0.6 is 0 Å². The fraction of sp³-hybridized carbons (Fsp3) is 0.867. The predicted molar refractivity (Wildman–Crippen MR) is 72.0 cm³/mol. The van der Waals surface area contributed by atoms with Crippen LogP contribution < -0.4 is 5.32 Å². The molecule has 1 heterocycles. The predicted octanol–water partition coefficient (Wildman–Crippen LogP) is 2.99. The number of hydrogen-bond acceptors (Lipinski definition) is 2. The van der Waals surface area contributed by atoms with Gasteiger partial charge in [-0.2, -0.15) is 0 Å². The maximum absolute atomic E-state index is 6.03. The van der Waals surface area contributed by atoms with E-state index in [2.05, 4.69) is 32.2 Å². The van der Waals surface area contributed by atoms with Crippen molar-refractivity contribution in [2.75, 3.05) is 19.7 Å². The molecule has 1 aliphatic carbocycles. The molecule has 2 nitrogen and oxygen atoms in total. The van der Waals surface area contributed by atoms with E-state index in [4.69, 9.17) is 4.74 Å². The van der Waals surface area contributed by atoms with Gasteiger partial charge < -0.3 is 10.1 Å². The largest absolute Gasteiger partial charge is 0.378 e. The highest BCUT2D eigenvalue weighted by Gasteiger charge is 2.36. The monoisotopic (exact) mass is 237 g/mol. The third-order valence-electron chi connectivity index (χ3n) is 4.21. The summed E-state index contributed by atoms with van der Waals surface area (Å²) in [4.78, 5) is 0. The first-order valence-corrected chi connectivity index (χ1v) is 7.20. The normalized spacial score (nSPS) is 38.2. The Hall–Kier alpha value is -0.340. The number of allylic oxidation sites excluding steroid dienone is 2. The summed E-state index contributed by atoms with van der Waals surface area (Å²) in [6.07, 6.45) is 6.73. The molecule has 1 aliphatic heterocycles.